The zero-order chi connectivity index (χ0) is 17.3. The van der Waals surface area contributed by atoms with Crippen molar-refractivity contribution >= 4 is 5.82 Å². The van der Waals surface area contributed by atoms with Gasteiger partial charge < -0.3 is 15.2 Å². The number of methoxy groups -OCH3 is 2. The largest absolute Gasteiger partial charge is 0.480 e. The Kier molecular flexibility index (Phi) is 4.51. The molecule has 0 spiro atoms. The molecule has 1 fully saturated rings. The standard InChI is InChI=1S/C17H23N5O2/c1-9(2)5-10-6-11(10)12-7-14(21-22-15(12)18)13-8-19-17(24-4)20-16(13)23-3/h7-11H,5-6H2,1-4H3,(H2,18,22). The summed E-state index contributed by atoms with van der Waals surface area (Å²) in [6, 6.07) is 2.24. The molecule has 3 rings (SSSR count). The summed E-state index contributed by atoms with van der Waals surface area (Å²) in [4.78, 5) is 8.34. The highest BCUT2D eigenvalue weighted by Gasteiger charge is 2.40. The highest BCUT2D eigenvalue weighted by molar-refractivity contribution is 5.66. The SMILES string of the molecule is COc1ncc(-c2cc(C3CC3CC(C)C)c(N)nn2)c(OC)n1. The molecule has 0 bridgehead atoms. The van der Waals surface area contributed by atoms with Crippen molar-refractivity contribution in [3.05, 3.63) is 17.8 Å². The summed E-state index contributed by atoms with van der Waals surface area (Å²) in [6.45, 7) is 4.49. The van der Waals surface area contributed by atoms with Crippen LogP contribution < -0.4 is 15.2 Å². The Morgan fingerprint density at radius 3 is 2.71 bits per heavy atom. The summed E-state index contributed by atoms with van der Waals surface area (Å²) in [5, 5.41) is 8.33. The molecular formula is C17H23N5O2. The van der Waals surface area contributed by atoms with E-state index in [1.165, 1.54) is 13.5 Å². The van der Waals surface area contributed by atoms with Crippen molar-refractivity contribution in [3.63, 3.8) is 0 Å². The number of aromatic nitrogens is 4. The minimum absolute atomic E-state index is 0.249. The normalized spacial score (nSPS) is 19.4. The number of ether oxygens (including phenoxy) is 2. The number of nitrogens with two attached hydrogens (primary N) is 1. The first-order valence-electron chi connectivity index (χ1n) is 8.12. The lowest BCUT2D eigenvalue weighted by molar-refractivity contribution is 0.353. The molecule has 0 aliphatic heterocycles. The third-order valence-electron chi connectivity index (χ3n) is 4.33. The minimum Gasteiger partial charge on any atom is -0.480 e. The van der Waals surface area contributed by atoms with Crippen LogP contribution in [0.15, 0.2) is 12.3 Å². The molecule has 2 unspecified atom stereocenters. The van der Waals surface area contributed by atoms with Gasteiger partial charge in [0.2, 0.25) is 5.88 Å². The average Bonchev–Trinajstić information content (AvgIpc) is 3.32. The summed E-state index contributed by atoms with van der Waals surface area (Å²) < 4.78 is 10.4. The fourth-order valence-corrected chi connectivity index (χ4v) is 3.12. The van der Waals surface area contributed by atoms with Crippen LogP contribution in [0.1, 0.15) is 38.2 Å². The van der Waals surface area contributed by atoms with E-state index in [0.717, 1.165) is 12.0 Å². The molecule has 7 heteroatoms. The lowest BCUT2D eigenvalue weighted by Gasteiger charge is -2.10. The number of hydrogen-bond donors (Lipinski definition) is 1. The molecule has 24 heavy (non-hydrogen) atoms. The molecule has 1 aliphatic rings. The van der Waals surface area contributed by atoms with Crippen LogP contribution >= 0.6 is 0 Å². The van der Waals surface area contributed by atoms with Gasteiger partial charge in [-0.3, -0.25) is 0 Å². The maximum absolute atomic E-state index is 6.06. The molecule has 0 radical (unpaired) electrons. The van der Waals surface area contributed by atoms with Gasteiger partial charge >= 0.3 is 6.01 Å². The zero-order valence-corrected chi connectivity index (χ0v) is 14.5. The first-order valence-corrected chi connectivity index (χ1v) is 8.12. The Labute approximate surface area is 141 Å². The molecule has 128 valence electrons. The summed E-state index contributed by atoms with van der Waals surface area (Å²) >= 11 is 0. The number of anilines is 1. The van der Waals surface area contributed by atoms with E-state index in [9.17, 15) is 0 Å². The monoisotopic (exact) mass is 329 g/mol. The topological polar surface area (TPSA) is 96.0 Å². The third-order valence-corrected chi connectivity index (χ3v) is 4.33. The molecule has 7 nitrogen and oxygen atoms in total. The minimum atomic E-state index is 0.249. The van der Waals surface area contributed by atoms with Crippen LogP contribution in [-0.2, 0) is 0 Å². The Bertz CT molecular complexity index is 735. The maximum Gasteiger partial charge on any atom is 0.319 e. The van der Waals surface area contributed by atoms with Crippen LogP contribution in [0.5, 0.6) is 11.9 Å². The molecule has 2 heterocycles. The summed E-state index contributed by atoms with van der Waals surface area (Å²) in [7, 11) is 3.06. The van der Waals surface area contributed by atoms with Gasteiger partial charge in [-0.1, -0.05) is 13.8 Å². The van der Waals surface area contributed by atoms with Gasteiger partial charge in [0.25, 0.3) is 0 Å². The first kappa shape index (κ1) is 16.4. The highest BCUT2D eigenvalue weighted by atomic mass is 16.5. The van der Waals surface area contributed by atoms with Crippen LogP contribution in [0.25, 0.3) is 11.3 Å². The van der Waals surface area contributed by atoms with E-state index in [1.807, 2.05) is 6.07 Å². The second kappa shape index (κ2) is 6.59. The first-order chi connectivity index (χ1) is 11.5. The molecular weight excluding hydrogens is 306 g/mol. The fraction of sp³-hybridized carbons (Fsp3) is 0.529. The van der Waals surface area contributed by atoms with E-state index in [1.54, 1.807) is 13.3 Å². The average molecular weight is 329 g/mol. The summed E-state index contributed by atoms with van der Waals surface area (Å²) in [5.41, 5.74) is 8.46. The Balaban J connectivity index is 1.92. The number of nitrogens with zero attached hydrogens (tertiary/aromatic N) is 4. The predicted octanol–water partition coefficient (Wildman–Crippen LogP) is 2.68. The third kappa shape index (κ3) is 3.25. The Morgan fingerprint density at radius 2 is 2.04 bits per heavy atom. The van der Waals surface area contributed by atoms with Crippen molar-refractivity contribution < 1.29 is 9.47 Å². The molecule has 2 atom stereocenters. The van der Waals surface area contributed by atoms with Gasteiger partial charge in [-0.25, -0.2) is 4.98 Å². The number of rotatable bonds is 6. The molecule has 2 N–H and O–H groups in total. The molecule has 2 aromatic heterocycles. The van der Waals surface area contributed by atoms with Crippen molar-refractivity contribution in [2.24, 2.45) is 11.8 Å². The van der Waals surface area contributed by atoms with Gasteiger partial charge in [-0.2, -0.15) is 4.98 Å². The highest BCUT2D eigenvalue weighted by Crippen LogP contribution is 2.52. The van der Waals surface area contributed by atoms with Crippen molar-refractivity contribution in [1.82, 2.24) is 20.2 Å². The molecule has 0 saturated heterocycles. The van der Waals surface area contributed by atoms with E-state index >= 15 is 0 Å². The molecule has 2 aromatic rings. The lowest BCUT2D eigenvalue weighted by atomic mass is 10.0. The van der Waals surface area contributed by atoms with E-state index in [0.29, 0.717) is 40.7 Å². The van der Waals surface area contributed by atoms with E-state index in [-0.39, 0.29) is 6.01 Å². The van der Waals surface area contributed by atoms with Crippen LogP contribution in [0.4, 0.5) is 5.82 Å². The fourth-order valence-electron chi connectivity index (χ4n) is 3.12. The summed E-state index contributed by atoms with van der Waals surface area (Å²) in [5.74, 6) is 2.74. The van der Waals surface area contributed by atoms with Crippen LogP contribution in [0.2, 0.25) is 0 Å². The quantitative estimate of drug-likeness (QED) is 0.870. The van der Waals surface area contributed by atoms with Gasteiger partial charge in [0, 0.05) is 11.8 Å². The second-order valence-corrected chi connectivity index (χ2v) is 6.58. The number of nitrogen functional groups attached to an aromatic ring is 1. The van der Waals surface area contributed by atoms with Crippen LogP contribution in [0, 0.1) is 11.8 Å². The van der Waals surface area contributed by atoms with E-state index in [2.05, 4.69) is 34.0 Å². The van der Waals surface area contributed by atoms with Crippen LogP contribution in [-0.4, -0.2) is 34.4 Å². The van der Waals surface area contributed by atoms with Gasteiger partial charge in [-0.15, -0.1) is 10.2 Å². The predicted molar refractivity (Wildman–Crippen MR) is 90.9 cm³/mol. The van der Waals surface area contributed by atoms with Crippen molar-refractivity contribution in [2.45, 2.75) is 32.6 Å². The van der Waals surface area contributed by atoms with Crippen molar-refractivity contribution in [3.8, 4) is 23.1 Å². The molecule has 0 aromatic carbocycles. The Morgan fingerprint density at radius 1 is 1.25 bits per heavy atom. The maximum atomic E-state index is 6.06. The smallest absolute Gasteiger partial charge is 0.319 e. The molecule has 0 amide bonds. The van der Waals surface area contributed by atoms with Crippen molar-refractivity contribution in [2.75, 3.05) is 20.0 Å². The van der Waals surface area contributed by atoms with Gasteiger partial charge in [0.15, 0.2) is 0 Å². The molecule has 1 saturated carbocycles. The van der Waals surface area contributed by atoms with E-state index in [4.69, 9.17) is 15.2 Å². The van der Waals surface area contributed by atoms with Gasteiger partial charge in [0.05, 0.1) is 19.8 Å². The Hall–Kier alpha value is -2.44. The van der Waals surface area contributed by atoms with Gasteiger partial charge in [-0.05, 0) is 36.7 Å². The molecule has 1 aliphatic carbocycles. The zero-order valence-electron chi connectivity index (χ0n) is 14.5. The second-order valence-electron chi connectivity index (χ2n) is 6.58. The van der Waals surface area contributed by atoms with Crippen molar-refractivity contribution in [1.29, 1.82) is 0 Å². The number of hydrogen-bond acceptors (Lipinski definition) is 7. The van der Waals surface area contributed by atoms with Crippen LogP contribution in [0.3, 0.4) is 0 Å². The van der Waals surface area contributed by atoms with Gasteiger partial charge in [0.1, 0.15) is 11.5 Å². The lowest BCUT2D eigenvalue weighted by Crippen LogP contribution is -2.03. The van der Waals surface area contributed by atoms with E-state index < -0.39 is 0 Å². The summed E-state index contributed by atoms with van der Waals surface area (Å²) in [6.07, 6.45) is 3.99.